The fourth-order valence-electron chi connectivity index (χ4n) is 4.06. The van der Waals surface area contributed by atoms with Crippen molar-refractivity contribution in [1.82, 2.24) is 4.98 Å². The zero-order valence-electron chi connectivity index (χ0n) is 22.2. The Morgan fingerprint density at radius 2 is 1.90 bits per heavy atom. The van der Waals surface area contributed by atoms with E-state index in [0.717, 1.165) is 17.8 Å². The fraction of sp³-hybridized carbons (Fsp3) is 0.286. The van der Waals surface area contributed by atoms with Crippen LogP contribution in [0.25, 0.3) is 11.1 Å². The van der Waals surface area contributed by atoms with Gasteiger partial charge in [0.2, 0.25) is 0 Å². The number of rotatable bonds is 10. The maximum absolute atomic E-state index is 13.9. The van der Waals surface area contributed by atoms with Gasteiger partial charge in [-0.3, -0.25) is 19.6 Å². The summed E-state index contributed by atoms with van der Waals surface area (Å²) >= 11 is 6.56. The Hall–Kier alpha value is -4.12. The summed E-state index contributed by atoms with van der Waals surface area (Å²) in [5.74, 6) is -1.000. The third-order valence-electron chi connectivity index (χ3n) is 5.94. The second kappa shape index (κ2) is 12.8. The minimum Gasteiger partial charge on any atom is -0.495 e. The molecule has 3 aromatic rings. The standard InChI is InChI=1S/C28H27ClF3N3O5/c1-16-7-5-8-22(39-4)26(16)35(3)27(38)19-12-18(21(29)13-23(19)40-10-6-9-25(36)37)20-15-34-24(28(30,31)32)11-17(20)14-33-2/h5,7-8,11-15H,6,9-10H2,1-4H3,(H,36,37)/b33-14+. The van der Waals surface area contributed by atoms with E-state index in [2.05, 4.69) is 9.98 Å². The van der Waals surface area contributed by atoms with Crippen molar-refractivity contribution in [2.24, 2.45) is 4.99 Å². The molecule has 0 atom stereocenters. The number of aliphatic carboxylic acids is 1. The number of aromatic nitrogens is 1. The van der Waals surface area contributed by atoms with Crippen molar-refractivity contribution in [3.05, 3.63) is 70.0 Å². The molecule has 1 N–H and O–H groups in total. The van der Waals surface area contributed by atoms with Gasteiger partial charge in [-0.2, -0.15) is 13.2 Å². The molecule has 1 heterocycles. The van der Waals surface area contributed by atoms with Crippen LogP contribution in [-0.2, 0) is 11.0 Å². The number of halogens is 4. The number of nitrogens with zero attached hydrogens (tertiary/aromatic N) is 3. The van der Waals surface area contributed by atoms with Gasteiger partial charge in [-0.1, -0.05) is 23.7 Å². The van der Waals surface area contributed by atoms with Crippen LogP contribution in [0.2, 0.25) is 5.02 Å². The molecule has 212 valence electrons. The summed E-state index contributed by atoms with van der Waals surface area (Å²) in [4.78, 5) is 33.6. The van der Waals surface area contributed by atoms with E-state index < -0.39 is 23.7 Å². The quantitative estimate of drug-likeness (QED) is 0.224. The average Bonchev–Trinajstić information content (AvgIpc) is 2.90. The molecule has 0 radical (unpaired) electrons. The van der Waals surface area contributed by atoms with Gasteiger partial charge in [0.1, 0.15) is 17.2 Å². The highest BCUT2D eigenvalue weighted by Crippen LogP contribution is 2.39. The van der Waals surface area contributed by atoms with Crippen LogP contribution in [0.3, 0.4) is 0 Å². The second-order valence-corrected chi connectivity index (χ2v) is 9.11. The van der Waals surface area contributed by atoms with Gasteiger partial charge in [0.05, 0.1) is 30.0 Å². The third kappa shape index (κ3) is 6.90. The van der Waals surface area contributed by atoms with Crippen molar-refractivity contribution in [2.45, 2.75) is 25.9 Å². The molecule has 0 saturated carbocycles. The van der Waals surface area contributed by atoms with E-state index in [1.54, 1.807) is 19.2 Å². The molecule has 40 heavy (non-hydrogen) atoms. The number of aliphatic imine (C=N–C) groups is 1. The number of benzene rings is 2. The van der Waals surface area contributed by atoms with Crippen LogP contribution >= 0.6 is 11.6 Å². The van der Waals surface area contributed by atoms with E-state index in [9.17, 15) is 22.8 Å². The molecule has 8 nitrogen and oxygen atoms in total. The number of hydrogen-bond acceptors (Lipinski definition) is 6. The molecule has 1 aromatic heterocycles. The highest BCUT2D eigenvalue weighted by molar-refractivity contribution is 6.34. The number of carboxylic acid groups (broad SMARTS) is 1. The first-order valence-corrected chi connectivity index (χ1v) is 12.4. The van der Waals surface area contributed by atoms with Crippen LogP contribution in [0.15, 0.2) is 47.6 Å². The van der Waals surface area contributed by atoms with Gasteiger partial charge in [0.25, 0.3) is 5.91 Å². The van der Waals surface area contributed by atoms with Gasteiger partial charge in [0.15, 0.2) is 0 Å². The van der Waals surface area contributed by atoms with Gasteiger partial charge in [0, 0.05) is 55.7 Å². The molecule has 0 aliphatic heterocycles. The summed E-state index contributed by atoms with van der Waals surface area (Å²) < 4.78 is 51.2. The second-order valence-electron chi connectivity index (χ2n) is 8.71. The lowest BCUT2D eigenvalue weighted by Crippen LogP contribution is -2.28. The largest absolute Gasteiger partial charge is 0.495 e. The van der Waals surface area contributed by atoms with Crippen molar-refractivity contribution >= 4 is 35.4 Å². The van der Waals surface area contributed by atoms with Crippen LogP contribution in [0.4, 0.5) is 18.9 Å². The van der Waals surface area contributed by atoms with Crippen molar-refractivity contribution in [2.75, 3.05) is 32.7 Å². The molecule has 0 saturated heterocycles. The monoisotopic (exact) mass is 577 g/mol. The number of alkyl halides is 3. The predicted molar refractivity (Wildman–Crippen MR) is 146 cm³/mol. The van der Waals surface area contributed by atoms with Crippen molar-refractivity contribution in [3.63, 3.8) is 0 Å². The number of aryl methyl sites for hydroxylation is 1. The Morgan fingerprint density at radius 1 is 1.18 bits per heavy atom. The topological polar surface area (TPSA) is 101 Å². The van der Waals surface area contributed by atoms with Crippen molar-refractivity contribution < 1.29 is 37.3 Å². The summed E-state index contributed by atoms with van der Waals surface area (Å²) in [5, 5.41) is 9.01. The fourth-order valence-corrected chi connectivity index (χ4v) is 4.31. The van der Waals surface area contributed by atoms with E-state index in [1.807, 2.05) is 13.0 Å². The zero-order chi connectivity index (χ0) is 29.6. The van der Waals surface area contributed by atoms with Gasteiger partial charge in [-0.05, 0) is 37.1 Å². The minimum absolute atomic E-state index is 0.0186. The Kier molecular flexibility index (Phi) is 9.75. The highest BCUT2D eigenvalue weighted by Gasteiger charge is 2.33. The van der Waals surface area contributed by atoms with Crippen molar-refractivity contribution in [3.8, 4) is 22.6 Å². The predicted octanol–water partition coefficient (Wildman–Crippen LogP) is 6.31. The zero-order valence-corrected chi connectivity index (χ0v) is 22.9. The van der Waals surface area contributed by atoms with Crippen molar-refractivity contribution in [1.29, 1.82) is 0 Å². The van der Waals surface area contributed by atoms with E-state index in [4.69, 9.17) is 26.2 Å². The molecule has 3 rings (SSSR count). The average molecular weight is 578 g/mol. The lowest BCUT2D eigenvalue weighted by Gasteiger charge is -2.24. The minimum atomic E-state index is -4.68. The molecule has 12 heteroatoms. The van der Waals surface area contributed by atoms with Crippen LogP contribution in [0, 0.1) is 6.92 Å². The SMILES string of the molecule is C/N=C/c1cc(C(F)(F)F)ncc1-c1cc(C(=O)N(C)c2c(C)cccc2OC)c(OCCCC(=O)O)cc1Cl. The molecule has 0 bridgehead atoms. The first kappa shape index (κ1) is 30.4. The Labute approximate surface area is 234 Å². The van der Waals surface area contributed by atoms with E-state index in [1.165, 1.54) is 37.4 Å². The molecule has 2 aromatic carbocycles. The lowest BCUT2D eigenvalue weighted by atomic mass is 9.98. The lowest BCUT2D eigenvalue weighted by molar-refractivity contribution is -0.141. The summed E-state index contributed by atoms with van der Waals surface area (Å²) in [7, 11) is 4.43. The number of para-hydroxylation sites is 1. The summed E-state index contributed by atoms with van der Waals surface area (Å²) in [6, 6.07) is 8.92. The van der Waals surface area contributed by atoms with Crippen LogP contribution in [-0.4, -0.2) is 56.0 Å². The number of carboxylic acids is 1. The first-order chi connectivity index (χ1) is 18.9. The number of anilines is 1. The summed E-state index contributed by atoms with van der Waals surface area (Å²) in [6.07, 6.45) is -2.39. The molecule has 1 amide bonds. The number of amides is 1. The molecular weight excluding hydrogens is 551 g/mol. The number of carbonyl (C=O) groups is 2. The number of hydrogen-bond donors (Lipinski definition) is 1. The van der Waals surface area contributed by atoms with Gasteiger partial charge < -0.3 is 19.5 Å². The smallest absolute Gasteiger partial charge is 0.433 e. The number of ether oxygens (including phenoxy) is 2. The Bertz CT molecular complexity index is 1440. The van der Waals surface area contributed by atoms with Gasteiger partial charge in [-0.25, -0.2) is 0 Å². The number of carbonyl (C=O) groups excluding carboxylic acids is 1. The highest BCUT2D eigenvalue weighted by atomic mass is 35.5. The normalized spacial score (nSPS) is 11.5. The van der Waals surface area contributed by atoms with Gasteiger partial charge >= 0.3 is 12.1 Å². The maximum atomic E-state index is 13.9. The number of pyridine rings is 1. The molecule has 0 aliphatic rings. The third-order valence-corrected chi connectivity index (χ3v) is 6.25. The van der Waals surface area contributed by atoms with E-state index in [-0.39, 0.29) is 52.5 Å². The summed E-state index contributed by atoms with van der Waals surface area (Å²) in [6.45, 7) is 1.79. The van der Waals surface area contributed by atoms with Crippen LogP contribution in [0.5, 0.6) is 11.5 Å². The first-order valence-electron chi connectivity index (χ1n) is 12.0. The molecule has 0 aliphatic carbocycles. The van der Waals surface area contributed by atoms with Crippen LogP contribution in [0.1, 0.15) is 40.0 Å². The molecule has 0 fully saturated rings. The molecule has 0 spiro atoms. The number of methoxy groups -OCH3 is 1. The van der Waals surface area contributed by atoms with Gasteiger partial charge in [-0.15, -0.1) is 0 Å². The maximum Gasteiger partial charge on any atom is 0.433 e. The van der Waals surface area contributed by atoms with E-state index >= 15 is 0 Å². The van der Waals surface area contributed by atoms with Crippen LogP contribution < -0.4 is 14.4 Å². The summed E-state index contributed by atoms with van der Waals surface area (Å²) in [5.41, 5.74) is 0.717. The Balaban J connectivity index is 2.18. The van der Waals surface area contributed by atoms with E-state index in [0.29, 0.717) is 11.4 Å². The molecule has 0 unspecified atom stereocenters. The molecular formula is C28H27ClF3N3O5. The Morgan fingerprint density at radius 3 is 2.52 bits per heavy atom.